The van der Waals surface area contributed by atoms with Crippen molar-refractivity contribution in [1.29, 1.82) is 0 Å². The van der Waals surface area contributed by atoms with Crippen molar-refractivity contribution in [2.24, 2.45) is 11.8 Å². The van der Waals surface area contributed by atoms with Crippen molar-refractivity contribution in [1.82, 2.24) is 19.4 Å². The summed E-state index contributed by atoms with van der Waals surface area (Å²) in [5.41, 5.74) is 5.48. The molecule has 0 bridgehead atoms. The van der Waals surface area contributed by atoms with Gasteiger partial charge >= 0.3 is 0 Å². The first-order valence-electron chi connectivity index (χ1n) is 14.9. The molecule has 8 heteroatoms. The normalized spacial score (nSPS) is 24.2. The highest BCUT2D eigenvalue weighted by molar-refractivity contribution is 5.82. The highest BCUT2D eigenvalue weighted by Gasteiger charge is 2.38. The quantitative estimate of drug-likeness (QED) is 0.484. The van der Waals surface area contributed by atoms with Crippen molar-refractivity contribution in [3.8, 4) is 11.1 Å². The molecule has 6 rings (SSSR count). The summed E-state index contributed by atoms with van der Waals surface area (Å²) in [5, 5.41) is 14.1. The smallest absolute Gasteiger partial charge is 0.225 e. The number of hydrogen-bond donors (Lipinski definition) is 1. The van der Waals surface area contributed by atoms with Crippen LogP contribution in [-0.2, 0) is 15.1 Å². The number of benzene rings is 1. The molecule has 214 valence electrons. The maximum absolute atomic E-state index is 12.8. The number of aliphatic hydroxyl groups is 1. The van der Waals surface area contributed by atoms with Crippen LogP contribution in [0.2, 0.25) is 0 Å². The molecule has 3 aliphatic rings. The lowest BCUT2D eigenvalue weighted by molar-refractivity contribution is -0.140. The molecule has 1 saturated carbocycles. The van der Waals surface area contributed by atoms with E-state index < -0.39 is 0 Å². The number of hydrogen-bond acceptors (Lipinski definition) is 6. The van der Waals surface area contributed by atoms with Crippen LogP contribution in [0.1, 0.15) is 45.1 Å². The van der Waals surface area contributed by atoms with Gasteiger partial charge in [-0.25, -0.2) is 4.52 Å². The third kappa shape index (κ3) is 5.01. The summed E-state index contributed by atoms with van der Waals surface area (Å²) in [6.07, 6.45) is 7.89. The number of carbonyl (C=O) groups is 1. The number of carbonyl (C=O) groups excluding carboxylic acids is 1. The minimum absolute atomic E-state index is 0.183. The minimum atomic E-state index is -0.287. The molecule has 0 spiro atoms. The third-order valence-electron chi connectivity index (χ3n) is 9.77. The number of ether oxygens (including phenoxy) is 1. The van der Waals surface area contributed by atoms with E-state index in [1.807, 2.05) is 17.8 Å². The number of piperidine rings is 1. The number of aliphatic hydroxyl groups excluding tert-OH is 1. The topological polar surface area (TPSA) is 73.5 Å². The second-order valence-corrected chi connectivity index (χ2v) is 12.2. The number of piperazine rings is 1. The number of amides is 1. The van der Waals surface area contributed by atoms with Crippen LogP contribution in [0.5, 0.6) is 0 Å². The minimum Gasteiger partial charge on any atom is -0.395 e. The van der Waals surface area contributed by atoms with E-state index in [4.69, 9.17) is 4.74 Å². The summed E-state index contributed by atoms with van der Waals surface area (Å²) in [4.78, 5) is 19.6. The molecule has 1 aromatic carbocycles. The molecule has 2 aromatic heterocycles. The first-order valence-corrected chi connectivity index (χ1v) is 14.9. The second-order valence-electron chi connectivity index (χ2n) is 12.2. The molecule has 1 aliphatic carbocycles. The molecule has 1 N–H and O–H groups in total. The molecular formula is C32H43N5O3. The Morgan fingerprint density at radius 2 is 1.75 bits per heavy atom. The molecule has 1 atom stereocenters. The number of nitrogens with zero attached hydrogens (tertiary/aromatic N) is 5. The number of fused-ring (bicyclic) bond motifs is 1. The van der Waals surface area contributed by atoms with Crippen molar-refractivity contribution in [3.63, 3.8) is 0 Å². The maximum Gasteiger partial charge on any atom is 0.225 e. The molecule has 1 amide bonds. The highest BCUT2D eigenvalue weighted by Crippen LogP contribution is 2.38. The fourth-order valence-electron chi connectivity index (χ4n) is 6.97. The van der Waals surface area contributed by atoms with Crippen LogP contribution < -0.4 is 4.90 Å². The van der Waals surface area contributed by atoms with E-state index in [1.54, 1.807) is 0 Å². The van der Waals surface area contributed by atoms with Crippen LogP contribution in [0, 0.1) is 11.8 Å². The first kappa shape index (κ1) is 27.2. The number of anilines is 1. The number of rotatable bonds is 7. The van der Waals surface area contributed by atoms with Gasteiger partial charge in [0, 0.05) is 76.3 Å². The zero-order valence-electron chi connectivity index (χ0n) is 24.1. The summed E-state index contributed by atoms with van der Waals surface area (Å²) in [6.45, 7) is 9.58. The van der Waals surface area contributed by atoms with Crippen LogP contribution in [0.15, 0.2) is 48.8 Å². The molecule has 3 fully saturated rings. The van der Waals surface area contributed by atoms with Crippen molar-refractivity contribution in [2.75, 3.05) is 57.9 Å². The highest BCUT2D eigenvalue weighted by atomic mass is 16.5. The summed E-state index contributed by atoms with van der Waals surface area (Å²) < 4.78 is 8.09. The number of methoxy groups -OCH3 is 1. The lowest BCUT2D eigenvalue weighted by Crippen LogP contribution is -2.52. The fraction of sp³-hybridized carbons (Fsp3) is 0.562. The number of aromatic nitrogens is 2. The molecule has 2 aliphatic heterocycles. The Hall–Kier alpha value is -2.94. The van der Waals surface area contributed by atoms with E-state index in [-0.39, 0.29) is 24.2 Å². The Morgan fingerprint density at radius 3 is 2.38 bits per heavy atom. The lowest BCUT2D eigenvalue weighted by atomic mass is 9.75. The largest absolute Gasteiger partial charge is 0.395 e. The molecule has 0 unspecified atom stereocenters. The first-order chi connectivity index (χ1) is 19.4. The van der Waals surface area contributed by atoms with Gasteiger partial charge in [0.15, 0.2) is 0 Å². The number of likely N-dealkylation sites (tertiary alicyclic amines) is 1. The van der Waals surface area contributed by atoms with Gasteiger partial charge in [-0.2, -0.15) is 5.10 Å². The van der Waals surface area contributed by atoms with Gasteiger partial charge in [-0.15, -0.1) is 0 Å². The zero-order chi connectivity index (χ0) is 27.9. The van der Waals surface area contributed by atoms with Gasteiger partial charge in [-0.3, -0.25) is 9.69 Å². The third-order valence-corrected chi connectivity index (χ3v) is 9.77. The molecular weight excluding hydrogens is 502 g/mol. The van der Waals surface area contributed by atoms with Crippen LogP contribution in [0.3, 0.4) is 0 Å². The van der Waals surface area contributed by atoms with Crippen molar-refractivity contribution >= 4 is 17.1 Å². The van der Waals surface area contributed by atoms with Gasteiger partial charge in [0.05, 0.1) is 23.4 Å². The van der Waals surface area contributed by atoms with Crippen LogP contribution in [0.4, 0.5) is 5.69 Å². The fourth-order valence-corrected chi connectivity index (χ4v) is 6.97. The van der Waals surface area contributed by atoms with Crippen molar-refractivity contribution in [2.45, 2.75) is 51.2 Å². The van der Waals surface area contributed by atoms with Crippen LogP contribution >= 0.6 is 0 Å². The van der Waals surface area contributed by atoms with E-state index in [0.717, 1.165) is 81.6 Å². The Bertz CT molecular complexity index is 1320. The average Bonchev–Trinajstić information content (AvgIpc) is 3.44. The second kappa shape index (κ2) is 11.1. The van der Waals surface area contributed by atoms with Gasteiger partial charge in [0.25, 0.3) is 0 Å². The van der Waals surface area contributed by atoms with Gasteiger partial charge in [0.2, 0.25) is 5.91 Å². The summed E-state index contributed by atoms with van der Waals surface area (Å²) >= 11 is 0. The predicted molar refractivity (Wildman–Crippen MR) is 157 cm³/mol. The van der Waals surface area contributed by atoms with Crippen LogP contribution in [-0.4, -0.2) is 89.5 Å². The van der Waals surface area contributed by atoms with E-state index in [9.17, 15) is 9.90 Å². The van der Waals surface area contributed by atoms with Gasteiger partial charge in [0.1, 0.15) is 0 Å². The van der Waals surface area contributed by atoms with Crippen molar-refractivity contribution < 1.29 is 14.6 Å². The molecule has 4 heterocycles. The molecule has 2 saturated heterocycles. The predicted octanol–water partition coefficient (Wildman–Crippen LogP) is 4.01. The molecule has 8 nitrogen and oxygen atoms in total. The Labute approximate surface area is 237 Å². The Morgan fingerprint density at radius 1 is 1.05 bits per heavy atom. The van der Waals surface area contributed by atoms with E-state index >= 15 is 0 Å². The van der Waals surface area contributed by atoms with Crippen LogP contribution in [0.25, 0.3) is 16.6 Å². The van der Waals surface area contributed by atoms with E-state index in [2.05, 4.69) is 76.2 Å². The molecule has 40 heavy (non-hydrogen) atoms. The summed E-state index contributed by atoms with van der Waals surface area (Å²) in [7, 11) is 1.82. The average molecular weight is 546 g/mol. The summed E-state index contributed by atoms with van der Waals surface area (Å²) in [6, 6.07) is 13.3. The van der Waals surface area contributed by atoms with Gasteiger partial charge < -0.3 is 19.6 Å². The summed E-state index contributed by atoms with van der Waals surface area (Å²) in [5.74, 6) is 1.29. The molecule has 0 radical (unpaired) electrons. The van der Waals surface area contributed by atoms with Crippen molar-refractivity contribution in [3.05, 3.63) is 54.4 Å². The monoisotopic (exact) mass is 545 g/mol. The molecule has 3 aromatic rings. The van der Waals surface area contributed by atoms with Gasteiger partial charge in [-0.05, 0) is 61.8 Å². The Kier molecular flexibility index (Phi) is 7.59. The lowest BCUT2D eigenvalue weighted by Gasteiger charge is -2.43. The van der Waals surface area contributed by atoms with E-state index in [1.165, 1.54) is 11.3 Å². The maximum atomic E-state index is 12.8. The Balaban J connectivity index is 1.16. The van der Waals surface area contributed by atoms with E-state index in [0.29, 0.717) is 11.8 Å². The van der Waals surface area contributed by atoms with Gasteiger partial charge in [-0.1, -0.05) is 31.2 Å². The SMILES string of the molecule is COC1(c2ccc(-c3cc4c(N5CCN(C(=O)C6CC(C)C6)CC5)ccnn4c3)cc2)CCN([C@@H](C)CO)CC1. The zero-order valence-corrected chi connectivity index (χ0v) is 24.1. The standard InChI is InChI=1S/C32H43N5O3/c1-23-18-26(19-23)31(39)36-16-14-35(15-17-36)29-8-11-33-37-21-27(20-30(29)37)25-4-6-28(7-5-25)32(40-3)9-12-34(13-10-32)24(2)22-38/h4-8,11,20-21,23-24,26,38H,9-10,12-19,22H2,1-3H3/t23?,24-,26?/m0/s1.